The fourth-order valence-electron chi connectivity index (χ4n) is 4.72. The number of rotatable bonds is 10. The van der Waals surface area contributed by atoms with Crippen molar-refractivity contribution in [1.82, 2.24) is 10.2 Å². The maximum atomic E-state index is 13.9. The highest BCUT2D eigenvalue weighted by Crippen LogP contribution is 2.25. The first-order chi connectivity index (χ1) is 18.3. The number of hydrogen-bond donors (Lipinski definition) is 1. The molecule has 1 aliphatic carbocycles. The Labute approximate surface area is 225 Å². The molecule has 38 heavy (non-hydrogen) atoms. The first kappa shape index (κ1) is 27.4. The number of hydrogen-bond acceptors (Lipinski definition) is 4. The average Bonchev–Trinajstić information content (AvgIpc) is 3.44. The van der Waals surface area contributed by atoms with Crippen LogP contribution in [0, 0.1) is 6.92 Å². The van der Waals surface area contributed by atoms with Crippen molar-refractivity contribution in [3.05, 3.63) is 96.1 Å². The number of amides is 2. The van der Waals surface area contributed by atoms with Crippen LogP contribution in [0.25, 0.3) is 0 Å². The van der Waals surface area contributed by atoms with Gasteiger partial charge in [0, 0.05) is 12.6 Å². The fraction of sp³-hybridized carbons (Fsp3) is 0.333. The standard InChI is InChI=1S/C30H35N3O4S/c1-23-17-19-28(20-18-23)38(36,37)33(27-15-7-4-8-16-27)22-29(34)32(21-25-11-5-3-6-12-25)24(2)30(35)31-26-13-9-10-14-26/h3-8,11-12,15-20,24,26H,9-10,13-14,21-22H2,1-2H3,(H,31,35)/t24-/m1/s1. The molecule has 0 bridgehead atoms. The molecule has 1 saturated carbocycles. The zero-order valence-corrected chi connectivity index (χ0v) is 22.7. The summed E-state index contributed by atoms with van der Waals surface area (Å²) in [4.78, 5) is 28.7. The van der Waals surface area contributed by atoms with Gasteiger partial charge in [-0.3, -0.25) is 13.9 Å². The molecule has 4 rings (SSSR count). The Hall–Kier alpha value is -3.65. The van der Waals surface area contributed by atoms with Gasteiger partial charge >= 0.3 is 0 Å². The lowest BCUT2D eigenvalue weighted by Gasteiger charge is -2.32. The largest absolute Gasteiger partial charge is 0.352 e. The van der Waals surface area contributed by atoms with Gasteiger partial charge in [-0.25, -0.2) is 8.42 Å². The average molecular weight is 534 g/mol. The molecule has 0 unspecified atom stereocenters. The van der Waals surface area contributed by atoms with E-state index in [-0.39, 0.29) is 23.4 Å². The minimum atomic E-state index is -4.05. The summed E-state index contributed by atoms with van der Waals surface area (Å²) in [5, 5.41) is 3.08. The topological polar surface area (TPSA) is 86.8 Å². The Kier molecular flexibility index (Phi) is 8.84. The monoisotopic (exact) mass is 533 g/mol. The third kappa shape index (κ3) is 6.61. The van der Waals surface area contributed by atoms with E-state index in [1.807, 2.05) is 37.3 Å². The molecule has 1 fully saturated rings. The van der Waals surface area contributed by atoms with Crippen molar-refractivity contribution in [3.63, 3.8) is 0 Å². The second-order valence-electron chi connectivity index (χ2n) is 9.83. The van der Waals surface area contributed by atoms with E-state index < -0.39 is 28.5 Å². The van der Waals surface area contributed by atoms with Gasteiger partial charge in [0.1, 0.15) is 12.6 Å². The number of benzene rings is 3. The molecule has 0 radical (unpaired) electrons. The van der Waals surface area contributed by atoms with Gasteiger partial charge in [0.05, 0.1) is 10.6 Å². The molecular weight excluding hydrogens is 498 g/mol. The van der Waals surface area contributed by atoms with Crippen molar-refractivity contribution < 1.29 is 18.0 Å². The molecule has 8 heteroatoms. The summed E-state index contributed by atoms with van der Waals surface area (Å²) in [5.41, 5.74) is 2.17. The fourth-order valence-corrected chi connectivity index (χ4v) is 6.13. The molecule has 3 aromatic rings. The lowest BCUT2D eigenvalue weighted by atomic mass is 10.1. The number of aryl methyl sites for hydroxylation is 1. The normalized spacial score (nSPS) is 14.6. The number of nitrogens with one attached hydrogen (secondary N) is 1. The van der Waals surface area contributed by atoms with E-state index in [1.165, 1.54) is 4.90 Å². The summed E-state index contributed by atoms with van der Waals surface area (Å²) in [6, 6.07) is 23.9. The molecule has 0 aliphatic heterocycles. The van der Waals surface area contributed by atoms with E-state index in [0.29, 0.717) is 5.69 Å². The number of carbonyl (C=O) groups excluding carboxylic acids is 2. The molecule has 2 amide bonds. The van der Waals surface area contributed by atoms with Crippen LogP contribution in [0.1, 0.15) is 43.7 Å². The highest BCUT2D eigenvalue weighted by molar-refractivity contribution is 7.92. The third-order valence-corrected chi connectivity index (χ3v) is 8.78. The molecular formula is C30H35N3O4S. The number of para-hydroxylation sites is 1. The van der Waals surface area contributed by atoms with Crippen LogP contribution in [-0.4, -0.2) is 43.8 Å². The van der Waals surface area contributed by atoms with Gasteiger partial charge in [0.15, 0.2) is 0 Å². The van der Waals surface area contributed by atoms with E-state index in [4.69, 9.17) is 0 Å². The van der Waals surface area contributed by atoms with Gasteiger partial charge in [0.2, 0.25) is 11.8 Å². The van der Waals surface area contributed by atoms with Crippen LogP contribution in [-0.2, 0) is 26.2 Å². The summed E-state index contributed by atoms with van der Waals surface area (Å²) in [7, 11) is -4.05. The zero-order valence-electron chi connectivity index (χ0n) is 21.9. The van der Waals surface area contributed by atoms with E-state index in [1.54, 1.807) is 61.5 Å². The molecule has 0 saturated heterocycles. The summed E-state index contributed by atoms with van der Waals surface area (Å²) in [6.07, 6.45) is 4.02. The second kappa shape index (κ2) is 12.3. The number of anilines is 1. The quantitative estimate of drug-likeness (QED) is 0.411. The molecule has 0 heterocycles. The molecule has 1 atom stereocenters. The lowest BCUT2D eigenvalue weighted by molar-refractivity contribution is -0.139. The van der Waals surface area contributed by atoms with Crippen LogP contribution >= 0.6 is 0 Å². The Morgan fingerprint density at radius 2 is 1.47 bits per heavy atom. The van der Waals surface area contributed by atoms with Crippen molar-refractivity contribution in [2.75, 3.05) is 10.8 Å². The summed E-state index contributed by atoms with van der Waals surface area (Å²) < 4.78 is 28.7. The molecule has 200 valence electrons. The van der Waals surface area contributed by atoms with Gasteiger partial charge in [-0.1, -0.05) is 79.1 Å². The Balaban J connectivity index is 1.65. The molecule has 0 spiro atoms. The summed E-state index contributed by atoms with van der Waals surface area (Å²) in [6.45, 7) is 3.33. The number of sulfonamides is 1. The second-order valence-corrected chi connectivity index (χ2v) is 11.7. The third-order valence-electron chi connectivity index (χ3n) is 7.00. The Morgan fingerprint density at radius 1 is 0.895 bits per heavy atom. The van der Waals surface area contributed by atoms with Crippen LogP contribution in [0.4, 0.5) is 5.69 Å². The van der Waals surface area contributed by atoms with Crippen LogP contribution in [0.3, 0.4) is 0 Å². The SMILES string of the molecule is Cc1ccc(S(=O)(=O)N(CC(=O)N(Cc2ccccc2)[C@H](C)C(=O)NC2CCCC2)c2ccccc2)cc1. The van der Waals surface area contributed by atoms with E-state index in [9.17, 15) is 18.0 Å². The first-order valence-corrected chi connectivity index (χ1v) is 14.5. The van der Waals surface area contributed by atoms with Crippen molar-refractivity contribution >= 4 is 27.5 Å². The predicted octanol–water partition coefficient (Wildman–Crippen LogP) is 4.67. The maximum absolute atomic E-state index is 13.9. The van der Waals surface area contributed by atoms with Gasteiger partial charge < -0.3 is 10.2 Å². The summed E-state index contributed by atoms with van der Waals surface area (Å²) in [5.74, 6) is -0.684. The Bertz CT molecular complexity index is 1320. The van der Waals surface area contributed by atoms with Gasteiger partial charge in [-0.15, -0.1) is 0 Å². The number of nitrogens with zero attached hydrogens (tertiary/aromatic N) is 2. The molecule has 3 aromatic carbocycles. The highest BCUT2D eigenvalue weighted by atomic mass is 32.2. The first-order valence-electron chi connectivity index (χ1n) is 13.0. The van der Waals surface area contributed by atoms with Crippen LogP contribution in [0.15, 0.2) is 89.8 Å². The van der Waals surface area contributed by atoms with Crippen LogP contribution < -0.4 is 9.62 Å². The minimum Gasteiger partial charge on any atom is -0.352 e. The zero-order chi connectivity index (χ0) is 27.1. The van der Waals surface area contributed by atoms with Crippen LogP contribution in [0.2, 0.25) is 0 Å². The molecule has 0 aromatic heterocycles. The van der Waals surface area contributed by atoms with Crippen molar-refractivity contribution in [1.29, 1.82) is 0 Å². The maximum Gasteiger partial charge on any atom is 0.264 e. The van der Waals surface area contributed by atoms with Crippen molar-refractivity contribution in [2.45, 2.75) is 63.1 Å². The molecule has 1 aliphatic rings. The minimum absolute atomic E-state index is 0.0985. The molecule has 1 N–H and O–H groups in total. The Morgan fingerprint density at radius 3 is 2.08 bits per heavy atom. The van der Waals surface area contributed by atoms with E-state index in [0.717, 1.165) is 41.1 Å². The number of carbonyl (C=O) groups is 2. The van der Waals surface area contributed by atoms with Crippen molar-refractivity contribution in [2.24, 2.45) is 0 Å². The van der Waals surface area contributed by atoms with Gasteiger partial charge in [0.25, 0.3) is 10.0 Å². The van der Waals surface area contributed by atoms with Crippen molar-refractivity contribution in [3.8, 4) is 0 Å². The van der Waals surface area contributed by atoms with Gasteiger partial charge in [-0.2, -0.15) is 0 Å². The summed E-state index contributed by atoms with van der Waals surface area (Å²) >= 11 is 0. The van der Waals surface area contributed by atoms with E-state index in [2.05, 4.69) is 5.32 Å². The predicted molar refractivity (Wildman–Crippen MR) is 149 cm³/mol. The van der Waals surface area contributed by atoms with Gasteiger partial charge in [-0.05, 0) is 56.5 Å². The smallest absolute Gasteiger partial charge is 0.264 e. The van der Waals surface area contributed by atoms with Crippen LogP contribution in [0.5, 0.6) is 0 Å². The highest BCUT2D eigenvalue weighted by Gasteiger charge is 2.33. The molecule has 7 nitrogen and oxygen atoms in total. The van der Waals surface area contributed by atoms with E-state index >= 15 is 0 Å². The lowest BCUT2D eigenvalue weighted by Crippen LogP contribution is -2.52.